The minimum absolute atomic E-state index is 0.0651. The average molecular weight is 235 g/mol. The minimum atomic E-state index is -0.478. The molecule has 1 heterocycles. The van der Waals surface area contributed by atoms with E-state index >= 15 is 0 Å². The van der Waals surface area contributed by atoms with Gasteiger partial charge in [-0.25, -0.2) is 4.79 Å². The van der Waals surface area contributed by atoms with Gasteiger partial charge >= 0.3 is 5.97 Å². The molecule has 0 radical (unpaired) electrons. The second kappa shape index (κ2) is 5.08. The number of hydrogen-bond acceptors (Lipinski definition) is 4. The van der Waals surface area contributed by atoms with Gasteiger partial charge in [0.1, 0.15) is 11.3 Å². The van der Waals surface area contributed by atoms with E-state index in [0.29, 0.717) is 6.61 Å². The lowest BCUT2D eigenvalue weighted by Crippen LogP contribution is -2.21. The molecule has 17 heavy (non-hydrogen) atoms. The first-order chi connectivity index (χ1) is 8.24. The normalized spacial score (nSPS) is 19.6. The maximum atomic E-state index is 11.6. The van der Waals surface area contributed by atoms with Crippen molar-refractivity contribution < 1.29 is 14.6 Å². The highest BCUT2D eigenvalue weighted by Crippen LogP contribution is 2.29. The Balaban J connectivity index is 2.28. The summed E-state index contributed by atoms with van der Waals surface area (Å²) in [5, 5.41) is 13.2. The maximum absolute atomic E-state index is 11.6. The van der Waals surface area contributed by atoms with Crippen molar-refractivity contribution in [3.8, 4) is 0 Å². The molecule has 0 fully saturated rings. The second-order valence-electron chi connectivity index (χ2n) is 4.11. The van der Waals surface area contributed by atoms with E-state index in [1.54, 1.807) is 6.92 Å². The molecule has 0 bridgehead atoms. The standard InChI is InChI=1S/C13H17NO3/c1-2-17-13(16)10-8-14-11-7-5-3-4-6-9(11)12(10)15/h7-8,14-15H,2-6H2,1H3. The zero-order chi connectivity index (χ0) is 12.3. The van der Waals surface area contributed by atoms with Crippen LogP contribution in [-0.2, 0) is 9.53 Å². The Morgan fingerprint density at radius 1 is 1.53 bits per heavy atom. The quantitative estimate of drug-likeness (QED) is 0.721. The predicted molar refractivity (Wildman–Crippen MR) is 64.1 cm³/mol. The van der Waals surface area contributed by atoms with Crippen LogP contribution in [0.5, 0.6) is 0 Å². The van der Waals surface area contributed by atoms with E-state index in [4.69, 9.17) is 4.74 Å². The Bertz CT molecular complexity index is 418. The van der Waals surface area contributed by atoms with Crippen LogP contribution in [0.3, 0.4) is 0 Å². The summed E-state index contributed by atoms with van der Waals surface area (Å²) in [5.74, 6) is -0.413. The molecule has 0 aromatic heterocycles. The molecule has 0 amide bonds. The van der Waals surface area contributed by atoms with E-state index in [-0.39, 0.29) is 11.3 Å². The molecule has 0 aromatic rings. The van der Waals surface area contributed by atoms with E-state index in [9.17, 15) is 9.90 Å². The SMILES string of the molecule is CCOC(=O)C1=CNC2=CCCCCC2=C1O. The molecule has 0 spiro atoms. The topological polar surface area (TPSA) is 58.6 Å². The number of hydrogen-bond donors (Lipinski definition) is 2. The van der Waals surface area contributed by atoms with Gasteiger partial charge in [-0.15, -0.1) is 0 Å². The van der Waals surface area contributed by atoms with Gasteiger partial charge < -0.3 is 15.2 Å². The first-order valence-electron chi connectivity index (χ1n) is 6.01. The summed E-state index contributed by atoms with van der Waals surface area (Å²) >= 11 is 0. The number of aliphatic hydroxyl groups excluding tert-OH is 1. The third-order valence-electron chi connectivity index (χ3n) is 2.96. The molecule has 4 heteroatoms. The molecule has 1 aliphatic carbocycles. The Morgan fingerprint density at radius 3 is 3.12 bits per heavy atom. The van der Waals surface area contributed by atoms with Gasteiger partial charge in [0, 0.05) is 17.5 Å². The number of fused-ring (bicyclic) bond motifs is 1. The Kier molecular flexibility index (Phi) is 3.52. The molecule has 0 saturated carbocycles. The van der Waals surface area contributed by atoms with E-state index in [1.165, 1.54) is 6.20 Å². The van der Waals surface area contributed by atoms with Crippen LogP contribution in [0, 0.1) is 0 Å². The van der Waals surface area contributed by atoms with E-state index in [0.717, 1.165) is 37.0 Å². The van der Waals surface area contributed by atoms with Crippen LogP contribution in [-0.4, -0.2) is 17.7 Å². The molecule has 0 aromatic carbocycles. The Hall–Kier alpha value is -1.71. The number of aliphatic hydroxyl groups is 1. The Labute approximate surface area is 101 Å². The fourth-order valence-corrected chi connectivity index (χ4v) is 2.09. The molecular weight excluding hydrogens is 218 g/mol. The molecular formula is C13H17NO3. The number of nitrogens with one attached hydrogen (secondary N) is 1. The van der Waals surface area contributed by atoms with Gasteiger partial charge in [0.25, 0.3) is 0 Å². The van der Waals surface area contributed by atoms with Crippen LogP contribution in [0.25, 0.3) is 0 Å². The van der Waals surface area contributed by atoms with E-state index < -0.39 is 5.97 Å². The van der Waals surface area contributed by atoms with Crippen molar-refractivity contribution in [3.63, 3.8) is 0 Å². The molecule has 2 aliphatic rings. The second-order valence-corrected chi connectivity index (χ2v) is 4.11. The molecule has 2 rings (SSSR count). The number of allylic oxidation sites excluding steroid dienone is 2. The van der Waals surface area contributed by atoms with Crippen LogP contribution in [0.1, 0.15) is 32.6 Å². The van der Waals surface area contributed by atoms with Crippen molar-refractivity contribution in [2.45, 2.75) is 32.6 Å². The molecule has 0 atom stereocenters. The minimum Gasteiger partial charge on any atom is -0.507 e. The van der Waals surface area contributed by atoms with E-state index in [1.807, 2.05) is 0 Å². The first kappa shape index (κ1) is 11.8. The summed E-state index contributed by atoms with van der Waals surface area (Å²) in [6, 6.07) is 0. The Morgan fingerprint density at radius 2 is 2.35 bits per heavy atom. The summed E-state index contributed by atoms with van der Waals surface area (Å²) in [7, 11) is 0. The smallest absolute Gasteiger partial charge is 0.343 e. The van der Waals surface area contributed by atoms with Gasteiger partial charge in [-0.05, 0) is 32.6 Å². The molecule has 1 aliphatic heterocycles. The first-order valence-corrected chi connectivity index (χ1v) is 6.01. The number of ether oxygens (including phenoxy) is 1. The number of dihydropyridines is 1. The van der Waals surface area contributed by atoms with Gasteiger partial charge in [-0.2, -0.15) is 0 Å². The summed E-state index contributed by atoms with van der Waals surface area (Å²) in [6.07, 6.45) is 7.52. The molecule has 92 valence electrons. The predicted octanol–water partition coefficient (Wildman–Crippen LogP) is 2.31. The lowest BCUT2D eigenvalue weighted by molar-refractivity contribution is -0.138. The van der Waals surface area contributed by atoms with Gasteiger partial charge in [0.15, 0.2) is 0 Å². The molecule has 4 nitrogen and oxygen atoms in total. The lowest BCUT2D eigenvalue weighted by atomic mass is 10.00. The van der Waals surface area contributed by atoms with Crippen molar-refractivity contribution >= 4 is 5.97 Å². The lowest BCUT2D eigenvalue weighted by Gasteiger charge is -2.19. The summed E-state index contributed by atoms with van der Waals surface area (Å²) in [4.78, 5) is 11.6. The van der Waals surface area contributed by atoms with Gasteiger partial charge in [0.05, 0.1) is 6.61 Å². The highest BCUT2D eigenvalue weighted by atomic mass is 16.5. The highest BCUT2D eigenvalue weighted by Gasteiger charge is 2.25. The molecule has 2 N–H and O–H groups in total. The average Bonchev–Trinajstić information content (AvgIpc) is 2.55. The number of esters is 1. The van der Waals surface area contributed by atoms with Gasteiger partial charge in [0.2, 0.25) is 0 Å². The third kappa shape index (κ3) is 2.35. The van der Waals surface area contributed by atoms with Crippen molar-refractivity contribution in [1.82, 2.24) is 5.32 Å². The summed E-state index contributed by atoms with van der Waals surface area (Å²) in [5.41, 5.74) is 1.97. The third-order valence-corrected chi connectivity index (χ3v) is 2.96. The largest absolute Gasteiger partial charge is 0.507 e. The monoisotopic (exact) mass is 235 g/mol. The fraction of sp³-hybridized carbons (Fsp3) is 0.462. The van der Waals surface area contributed by atoms with Crippen LogP contribution in [0.2, 0.25) is 0 Å². The number of rotatable bonds is 2. The van der Waals surface area contributed by atoms with Crippen molar-refractivity contribution in [3.05, 3.63) is 34.9 Å². The maximum Gasteiger partial charge on any atom is 0.343 e. The highest BCUT2D eigenvalue weighted by molar-refractivity contribution is 5.93. The number of carbonyl (C=O) groups excluding carboxylic acids is 1. The van der Waals surface area contributed by atoms with E-state index in [2.05, 4.69) is 11.4 Å². The summed E-state index contributed by atoms with van der Waals surface area (Å²) < 4.78 is 4.90. The van der Waals surface area contributed by atoms with Gasteiger partial charge in [-0.1, -0.05) is 6.08 Å². The van der Waals surface area contributed by atoms with Crippen molar-refractivity contribution in [1.29, 1.82) is 0 Å². The molecule has 0 unspecified atom stereocenters. The van der Waals surface area contributed by atoms with Gasteiger partial charge in [-0.3, -0.25) is 0 Å². The fourth-order valence-electron chi connectivity index (χ4n) is 2.09. The zero-order valence-corrected chi connectivity index (χ0v) is 9.95. The van der Waals surface area contributed by atoms with Crippen LogP contribution >= 0.6 is 0 Å². The summed E-state index contributed by atoms with van der Waals surface area (Å²) in [6.45, 7) is 2.05. The van der Waals surface area contributed by atoms with Crippen molar-refractivity contribution in [2.24, 2.45) is 0 Å². The van der Waals surface area contributed by atoms with Crippen LogP contribution in [0.15, 0.2) is 34.9 Å². The number of carbonyl (C=O) groups is 1. The van der Waals surface area contributed by atoms with Crippen LogP contribution in [0.4, 0.5) is 0 Å². The molecule has 0 saturated heterocycles. The zero-order valence-electron chi connectivity index (χ0n) is 9.95. The van der Waals surface area contributed by atoms with Crippen molar-refractivity contribution in [2.75, 3.05) is 6.61 Å². The van der Waals surface area contributed by atoms with Crippen LogP contribution < -0.4 is 5.32 Å².